The molecule has 0 N–H and O–H groups in total. The molecule has 3 aliphatic heterocycles. The second kappa shape index (κ2) is 17.7. The fraction of sp³-hybridized carbons (Fsp3) is 0.909. The lowest BCUT2D eigenvalue weighted by Crippen LogP contribution is -2.32. The van der Waals surface area contributed by atoms with Gasteiger partial charge in [-0.1, -0.05) is 61.2 Å². The number of unbranched alkanes of at least 4 members (excludes halogenated alkanes) is 1. The minimum absolute atomic E-state index is 0.0379. The number of fused-ring (bicyclic) bond motifs is 1. The standard InChI is InChI=1S/C33H55BrO7/c1-4-5-11-23(2)20-24(39-32-14-6-8-18-37-32)16-17-25-26-21-30(27(34)12-10-13-31(35)36-3)40-29(26)22-28(25)41-33-15-7-9-19-38-33/h16-17,23-30,32-33H,4-15,18-22H2,1-3H3/b17-16+/t23-,24?,25+,26+,27?,28+,29+,30?,32?,33?/m0/s1. The highest BCUT2D eigenvalue weighted by Crippen LogP contribution is 2.48. The molecule has 0 bridgehead atoms. The molecule has 4 aliphatic rings. The van der Waals surface area contributed by atoms with Crippen LogP contribution in [0.2, 0.25) is 0 Å². The van der Waals surface area contributed by atoms with Crippen molar-refractivity contribution in [3.05, 3.63) is 12.2 Å². The molecule has 1 aliphatic carbocycles. The molecule has 5 unspecified atom stereocenters. The number of alkyl halides is 1. The van der Waals surface area contributed by atoms with Crippen LogP contribution in [-0.2, 0) is 33.2 Å². The minimum Gasteiger partial charge on any atom is -0.469 e. The van der Waals surface area contributed by atoms with Crippen LogP contribution in [0.3, 0.4) is 0 Å². The Hall–Kier alpha value is -0.510. The molecule has 0 spiro atoms. The molecular formula is C33H55BrO7. The lowest BCUT2D eigenvalue weighted by Gasteiger charge is -2.30. The summed E-state index contributed by atoms with van der Waals surface area (Å²) in [6, 6.07) is 0. The number of rotatable bonds is 16. The molecule has 0 radical (unpaired) electrons. The fourth-order valence-corrected chi connectivity index (χ4v) is 7.66. The van der Waals surface area contributed by atoms with Crippen LogP contribution in [0.5, 0.6) is 0 Å². The first kappa shape index (κ1) is 33.4. The van der Waals surface area contributed by atoms with Crippen molar-refractivity contribution < 1.29 is 33.2 Å². The predicted octanol–water partition coefficient (Wildman–Crippen LogP) is 7.48. The van der Waals surface area contributed by atoms with Gasteiger partial charge in [0.15, 0.2) is 12.6 Å². The molecule has 8 heteroatoms. The van der Waals surface area contributed by atoms with Crippen molar-refractivity contribution in [3.63, 3.8) is 0 Å². The number of esters is 1. The Morgan fingerprint density at radius 1 is 1.02 bits per heavy atom. The van der Waals surface area contributed by atoms with Gasteiger partial charge in [0.2, 0.25) is 0 Å². The van der Waals surface area contributed by atoms with E-state index in [4.69, 9.17) is 28.4 Å². The number of carbonyl (C=O) groups excluding carboxylic acids is 1. The van der Waals surface area contributed by atoms with Gasteiger partial charge in [0.1, 0.15) is 0 Å². The molecule has 7 nitrogen and oxygen atoms in total. The molecule has 0 amide bonds. The number of halogens is 1. The van der Waals surface area contributed by atoms with Crippen LogP contribution in [0.4, 0.5) is 0 Å². The molecule has 4 rings (SSSR count). The number of hydrogen-bond acceptors (Lipinski definition) is 7. The van der Waals surface area contributed by atoms with E-state index in [-0.39, 0.29) is 53.7 Å². The normalized spacial score (nSPS) is 34.4. The lowest BCUT2D eigenvalue weighted by molar-refractivity contribution is -0.194. The maximum Gasteiger partial charge on any atom is 0.305 e. The van der Waals surface area contributed by atoms with E-state index in [0.29, 0.717) is 18.3 Å². The van der Waals surface area contributed by atoms with Crippen molar-refractivity contribution >= 4 is 21.9 Å². The highest BCUT2D eigenvalue weighted by Gasteiger charge is 2.51. The van der Waals surface area contributed by atoms with Gasteiger partial charge in [0.05, 0.1) is 31.5 Å². The zero-order valence-electron chi connectivity index (χ0n) is 25.7. The third-order valence-corrected chi connectivity index (χ3v) is 10.4. The van der Waals surface area contributed by atoms with E-state index in [1.54, 1.807) is 0 Å². The van der Waals surface area contributed by atoms with Crippen LogP contribution >= 0.6 is 15.9 Å². The summed E-state index contributed by atoms with van der Waals surface area (Å²) in [5.74, 6) is 1.11. The van der Waals surface area contributed by atoms with Gasteiger partial charge in [-0.3, -0.25) is 4.79 Å². The van der Waals surface area contributed by atoms with E-state index in [9.17, 15) is 4.79 Å². The van der Waals surface area contributed by atoms with Crippen molar-refractivity contribution in [2.24, 2.45) is 17.8 Å². The van der Waals surface area contributed by atoms with Gasteiger partial charge >= 0.3 is 5.97 Å². The van der Waals surface area contributed by atoms with Crippen LogP contribution in [0.1, 0.15) is 110 Å². The zero-order chi connectivity index (χ0) is 29.0. The molecule has 10 atom stereocenters. The fourth-order valence-electron chi connectivity index (χ4n) is 7.00. The molecule has 41 heavy (non-hydrogen) atoms. The Balaban J connectivity index is 1.43. The monoisotopic (exact) mass is 642 g/mol. The summed E-state index contributed by atoms with van der Waals surface area (Å²) in [5, 5.41) is 0. The van der Waals surface area contributed by atoms with Crippen molar-refractivity contribution in [2.75, 3.05) is 20.3 Å². The first-order valence-electron chi connectivity index (χ1n) is 16.6. The van der Waals surface area contributed by atoms with Crippen molar-refractivity contribution in [1.29, 1.82) is 0 Å². The largest absolute Gasteiger partial charge is 0.469 e. The van der Waals surface area contributed by atoms with Gasteiger partial charge in [0, 0.05) is 36.8 Å². The molecule has 3 heterocycles. The first-order valence-corrected chi connectivity index (χ1v) is 17.5. The van der Waals surface area contributed by atoms with E-state index < -0.39 is 0 Å². The van der Waals surface area contributed by atoms with Gasteiger partial charge in [-0.15, -0.1) is 0 Å². The molecule has 4 fully saturated rings. The summed E-state index contributed by atoms with van der Waals surface area (Å²) < 4.78 is 36.6. The van der Waals surface area contributed by atoms with Gasteiger partial charge in [-0.2, -0.15) is 0 Å². The summed E-state index contributed by atoms with van der Waals surface area (Å²) >= 11 is 3.88. The minimum atomic E-state index is -0.150. The Morgan fingerprint density at radius 2 is 1.78 bits per heavy atom. The molecule has 0 aromatic carbocycles. The summed E-state index contributed by atoms with van der Waals surface area (Å²) in [7, 11) is 1.45. The summed E-state index contributed by atoms with van der Waals surface area (Å²) in [6.07, 6.45) is 20.2. The van der Waals surface area contributed by atoms with Crippen LogP contribution in [0.15, 0.2) is 12.2 Å². The van der Waals surface area contributed by atoms with Crippen molar-refractivity contribution in [3.8, 4) is 0 Å². The third kappa shape index (κ3) is 10.6. The smallest absolute Gasteiger partial charge is 0.305 e. The molecule has 236 valence electrons. The number of ether oxygens (including phenoxy) is 6. The quantitative estimate of drug-likeness (QED) is 0.0981. The Morgan fingerprint density at radius 3 is 2.46 bits per heavy atom. The second-order valence-electron chi connectivity index (χ2n) is 12.7. The molecule has 3 saturated heterocycles. The van der Waals surface area contributed by atoms with E-state index in [1.807, 2.05) is 0 Å². The Bertz CT molecular complexity index is 782. The maximum atomic E-state index is 11.6. The highest BCUT2D eigenvalue weighted by molar-refractivity contribution is 9.09. The van der Waals surface area contributed by atoms with Crippen LogP contribution < -0.4 is 0 Å². The number of carbonyl (C=O) groups is 1. The Labute approximate surface area is 256 Å². The number of methoxy groups -OCH3 is 1. The first-order chi connectivity index (χ1) is 20.0. The summed E-state index contributed by atoms with van der Waals surface area (Å²) in [4.78, 5) is 11.8. The van der Waals surface area contributed by atoms with Gasteiger partial charge in [0.25, 0.3) is 0 Å². The highest BCUT2D eigenvalue weighted by atomic mass is 79.9. The van der Waals surface area contributed by atoms with E-state index in [1.165, 1.54) is 32.8 Å². The van der Waals surface area contributed by atoms with Crippen LogP contribution in [0.25, 0.3) is 0 Å². The van der Waals surface area contributed by atoms with Gasteiger partial charge in [-0.25, -0.2) is 0 Å². The molecular weight excluding hydrogens is 588 g/mol. The van der Waals surface area contributed by atoms with Crippen molar-refractivity contribution in [1.82, 2.24) is 0 Å². The molecule has 0 aromatic rings. The van der Waals surface area contributed by atoms with Crippen LogP contribution in [-0.4, -0.2) is 68.1 Å². The molecule has 1 saturated carbocycles. The van der Waals surface area contributed by atoms with E-state index in [0.717, 1.165) is 77.4 Å². The summed E-state index contributed by atoms with van der Waals surface area (Å²) in [5.41, 5.74) is 0. The second-order valence-corrected chi connectivity index (χ2v) is 13.9. The zero-order valence-corrected chi connectivity index (χ0v) is 27.3. The van der Waals surface area contributed by atoms with E-state index >= 15 is 0 Å². The van der Waals surface area contributed by atoms with Gasteiger partial charge in [-0.05, 0) is 76.0 Å². The average Bonchev–Trinajstić information content (AvgIpc) is 3.53. The summed E-state index contributed by atoms with van der Waals surface area (Å²) in [6.45, 7) is 6.19. The average molecular weight is 644 g/mol. The predicted molar refractivity (Wildman–Crippen MR) is 163 cm³/mol. The lowest BCUT2D eigenvalue weighted by atomic mass is 9.88. The molecule has 0 aromatic heterocycles. The van der Waals surface area contributed by atoms with Gasteiger partial charge < -0.3 is 28.4 Å². The van der Waals surface area contributed by atoms with Crippen LogP contribution in [0, 0.1) is 17.8 Å². The third-order valence-electron chi connectivity index (χ3n) is 9.37. The Kier molecular flexibility index (Phi) is 14.4. The number of hydrogen-bond donors (Lipinski definition) is 0. The topological polar surface area (TPSA) is 72.5 Å². The maximum absolute atomic E-state index is 11.6. The van der Waals surface area contributed by atoms with Crippen molar-refractivity contribution in [2.45, 2.75) is 152 Å². The SMILES string of the molecule is CCCC[C@H](C)CC(/C=C/[C@@H]1[C@H]2CC(C(Br)CCCC(=O)OC)O[C@@H]2C[C@H]1OC1CCCCO1)OC1CCCCO1. The van der Waals surface area contributed by atoms with E-state index in [2.05, 4.69) is 41.9 Å².